The van der Waals surface area contributed by atoms with E-state index >= 15 is 0 Å². The SMILES string of the molecule is CCCNC(Cc1cccc(F)c1)CC1CCCCO1. The lowest BCUT2D eigenvalue weighted by molar-refractivity contribution is 0.00526. The van der Waals surface area contributed by atoms with E-state index in [9.17, 15) is 4.39 Å². The molecule has 20 heavy (non-hydrogen) atoms. The number of hydrogen-bond acceptors (Lipinski definition) is 2. The molecular formula is C17H26FNO. The van der Waals surface area contributed by atoms with Gasteiger partial charge in [-0.2, -0.15) is 0 Å². The molecule has 1 aliphatic rings. The zero-order chi connectivity index (χ0) is 14.2. The Morgan fingerprint density at radius 1 is 1.40 bits per heavy atom. The zero-order valence-corrected chi connectivity index (χ0v) is 12.4. The lowest BCUT2D eigenvalue weighted by Crippen LogP contribution is -2.36. The number of benzene rings is 1. The van der Waals surface area contributed by atoms with Gasteiger partial charge < -0.3 is 10.1 Å². The summed E-state index contributed by atoms with van der Waals surface area (Å²) in [6, 6.07) is 7.31. The first-order chi connectivity index (χ1) is 9.78. The summed E-state index contributed by atoms with van der Waals surface area (Å²) in [4.78, 5) is 0. The Hall–Kier alpha value is -0.930. The maximum absolute atomic E-state index is 13.3. The van der Waals surface area contributed by atoms with E-state index in [1.54, 1.807) is 12.1 Å². The van der Waals surface area contributed by atoms with Crippen LogP contribution in [0.3, 0.4) is 0 Å². The van der Waals surface area contributed by atoms with Gasteiger partial charge >= 0.3 is 0 Å². The van der Waals surface area contributed by atoms with Crippen molar-refractivity contribution >= 4 is 0 Å². The van der Waals surface area contributed by atoms with E-state index in [1.165, 1.54) is 18.9 Å². The third-order valence-corrected chi connectivity index (χ3v) is 3.88. The van der Waals surface area contributed by atoms with Crippen LogP contribution in [0.25, 0.3) is 0 Å². The van der Waals surface area contributed by atoms with Crippen molar-refractivity contribution in [2.45, 2.75) is 57.6 Å². The van der Waals surface area contributed by atoms with Crippen molar-refractivity contribution in [1.29, 1.82) is 0 Å². The van der Waals surface area contributed by atoms with Gasteiger partial charge in [0, 0.05) is 12.6 Å². The molecule has 0 aromatic heterocycles. The predicted molar refractivity (Wildman–Crippen MR) is 80.4 cm³/mol. The molecule has 0 amide bonds. The fourth-order valence-corrected chi connectivity index (χ4v) is 2.85. The van der Waals surface area contributed by atoms with Gasteiger partial charge in [0.05, 0.1) is 6.10 Å². The molecule has 0 spiro atoms. The van der Waals surface area contributed by atoms with Crippen molar-refractivity contribution in [3.8, 4) is 0 Å². The fraction of sp³-hybridized carbons (Fsp3) is 0.647. The Kier molecular flexibility index (Phi) is 6.48. The Bertz CT molecular complexity index is 390. The lowest BCUT2D eigenvalue weighted by atomic mass is 9.96. The highest BCUT2D eigenvalue weighted by molar-refractivity contribution is 5.17. The average Bonchev–Trinajstić information content (AvgIpc) is 2.46. The second kappa shape index (κ2) is 8.38. The molecule has 112 valence electrons. The summed E-state index contributed by atoms with van der Waals surface area (Å²) in [6.07, 6.45) is 7.00. The molecule has 1 fully saturated rings. The van der Waals surface area contributed by atoms with Crippen molar-refractivity contribution in [2.75, 3.05) is 13.2 Å². The van der Waals surface area contributed by atoms with E-state index in [2.05, 4.69) is 12.2 Å². The predicted octanol–water partition coefficient (Wildman–Crippen LogP) is 3.70. The first-order valence-electron chi connectivity index (χ1n) is 7.87. The van der Waals surface area contributed by atoms with Gasteiger partial charge in [0.1, 0.15) is 5.82 Å². The summed E-state index contributed by atoms with van der Waals surface area (Å²) < 4.78 is 19.1. The van der Waals surface area contributed by atoms with Crippen LogP contribution < -0.4 is 5.32 Å². The third kappa shape index (κ3) is 5.22. The third-order valence-electron chi connectivity index (χ3n) is 3.88. The fourth-order valence-electron chi connectivity index (χ4n) is 2.85. The van der Waals surface area contributed by atoms with Gasteiger partial charge in [0.15, 0.2) is 0 Å². The summed E-state index contributed by atoms with van der Waals surface area (Å²) in [6.45, 7) is 4.07. The molecule has 1 heterocycles. The minimum absolute atomic E-state index is 0.148. The Morgan fingerprint density at radius 3 is 3.00 bits per heavy atom. The van der Waals surface area contributed by atoms with E-state index in [0.29, 0.717) is 12.1 Å². The van der Waals surface area contributed by atoms with Crippen molar-refractivity contribution in [3.63, 3.8) is 0 Å². The van der Waals surface area contributed by atoms with E-state index in [4.69, 9.17) is 4.74 Å². The molecule has 1 aromatic carbocycles. The molecule has 0 saturated carbocycles. The van der Waals surface area contributed by atoms with Gasteiger partial charge in [0.2, 0.25) is 0 Å². The van der Waals surface area contributed by atoms with E-state index < -0.39 is 0 Å². The highest BCUT2D eigenvalue weighted by atomic mass is 19.1. The normalized spacial score (nSPS) is 20.8. The summed E-state index contributed by atoms with van der Waals surface area (Å²) in [5.41, 5.74) is 1.06. The molecule has 2 atom stereocenters. The Labute approximate surface area is 121 Å². The molecule has 1 aromatic rings. The standard InChI is InChI=1S/C17H26FNO/c1-2-9-19-16(13-17-8-3-4-10-20-17)12-14-6-5-7-15(18)11-14/h5-7,11,16-17,19H,2-4,8-10,12-13H2,1H3. The van der Waals surface area contributed by atoms with Crippen LogP contribution in [0.15, 0.2) is 24.3 Å². The molecule has 0 bridgehead atoms. The summed E-state index contributed by atoms with van der Waals surface area (Å²) in [5.74, 6) is -0.148. The van der Waals surface area contributed by atoms with Crippen molar-refractivity contribution in [2.24, 2.45) is 0 Å². The molecule has 0 radical (unpaired) electrons. The van der Waals surface area contributed by atoms with Gasteiger partial charge in [-0.1, -0.05) is 19.1 Å². The van der Waals surface area contributed by atoms with Crippen LogP contribution in [-0.4, -0.2) is 25.3 Å². The maximum atomic E-state index is 13.3. The van der Waals surface area contributed by atoms with E-state index in [1.807, 2.05) is 6.07 Å². The highest BCUT2D eigenvalue weighted by Gasteiger charge is 2.19. The summed E-state index contributed by atoms with van der Waals surface area (Å²) >= 11 is 0. The first-order valence-corrected chi connectivity index (χ1v) is 7.87. The molecule has 1 N–H and O–H groups in total. The first kappa shape index (κ1) is 15.5. The molecule has 1 aliphatic heterocycles. The van der Waals surface area contributed by atoms with Gasteiger partial charge in [-0.3, -0.25) is 0 Å². The number of ether oxygens (including phenoxy) is 1. The van der Waals surface area contributed by atoms with Crippen molar-refractivity contribution in [1.82, 2.24) is 5.32 Å². The highest BCUT2D eigenvalue weighted by Crippen LogP contribution is 2.19. The van der Waals surface area contributed by atoms with Crippen LogP contribution in [0.1, 0.15) is 44.6 Å². The maximum Gasteiger partial charge on any atom is 0.123 e. The summed E-state index contributed by atoms with van der Waals surface area (Å²) in [5, 5.41) is 3.58. The second-order valence-corrected chi connectivity index (χ2v) is 5.71. The molecule has 1 saturated heterocycles. The molecule has 3 heteroatoms. The zero-order valence-electron chi connectivity index (χ0n) is 12.4. The van der Waals surface area contributed by atoms with E-state index in [0.717, 1.165) is 44.4 Å². The Balaban J connectivity index is 1.91. The molecule has 2 nitrogen and oxygen atoms in total. The molecular weight excluding hydrogens is 253 g/mol. The van der Waals surface area contributed by atoms with E-state index in [-0.39, 0.29) is 5.82 Å². The number of hydrogen-bond donors (Lipinski definition) is 1. The van der Waals surface area contributed by atoms with Crippen LogP contribution in [0.2, 0.25) is 0 Å². The van der Waals surface area contributed by atoms with Gasteiger partial charge in [-0.15, -0.1) is 0 Å². The quantitative estimate of drug-likeness (QED) is 0.822. The van der Waals surface area contributed by atoms with Gasteiger partial charge in [-0.25, -0.2) is 4.39 Å². The largest absolute Gasteiger partial charge is 0.378 e. The number of halogens is 1. The van der Waals surface area contributed by atoms with Crippen LogP contribution in [0.5, 0.6) is 0 Å². The molecule has 0 aliphatic carbocycles. The lowest BCUT2D eigenvalue weighted by Gasteiger charge is -2.27. The Morgan fingerprint density at radius 2 is 2.30 bits per heavy atom. The van der Waals surface area contributed by atoms with Crippen LogP contribution >= 0.6 is 0 Å². The van der Waals surface area contributed by atoms with Crippen molar-refractivity contribution in [3.05, 3.63) is 35.6 Å². The van der Waals surface area contributed by atoms with Crippen LogP contribution in [0.4, 0.5) is 4.39 Å². The minimum Gasteiger partial charge on any atom is -0.378 e. The van der Waals surface area contributed by atoms with Gasteiger partial charge in [0.25, 0.3) is 0 Å². The molecule has 2 rings (SSSR count). The number of rotatable bonds is 7. The second-order valence-electron chi connectivity index (χ2n) is 5.71. The average molecular weight is 279 g/mol. The van der Waals surface area contributed by atoms with Crippen LogP contribution in [0, 0.1) is 5.82 Å². The smallest absolute Gasteiger partial charge is 0.123 e. The van der Waals surface area contributed by atoms with Gasteiger partial charge in [-0.05, 0) is 62.8 Å². The minimum atomic E-state index is -0.148. The molecule has 2 unspecified atom stereocenters. The monoisotopic (exact) mass is 279 g/mol. The van der Waals surface area contributed by atoms with Crippen LogP contribution in [-0.2, 0) is 11.2 Å². The summed E-state index contributed by atoms with van der Waals surface area (Å²) in [7, 11) is 0. The van der Waals surface area contributed by atoms with Crippen molar-refractivity contribution < 1.29 is 9.13 Å². The topological polar surface area (TPSA) is 21.3 Å². The number of nitrogens with one attached hydrogen (secondary N) is 1.